The third-order valence-corrected chi connectivity index (χ3v) is 16.0. The van der Waals surface area contributed by atoms with Crippen LogP contribution >= 0.6 is 11.6 Å². The smallest absolute Gasteiger partial charge is 0.316 e. The lowest BCUT2D eigenvalue weighted by atomic mass is 9.77. The molecule has 4 bridgehead atoms. The van der Waals surface area contributed by atoms with Crippen molar-refractivity contribution in [3.8, 4) is 34.3 Å². The van der Waals surface area contributed by atoms with Crippen LogP contribution in [0.1, 0.15) is 37.8 Å². The number of piperidine rings is 2. The average molecular weight is 1090 g/mol. The first-order valence-corrected chi connectivity index (χ1v) is 29.0. The number of fused-ring (bicyclic) bond motifs is 4. The van der Waals surface area contributed by atoms with Crippen LogP contribution in [0.4, 0.5) is 14.7 Å². The molecule has 1 N–H and O–H groups in total. The maximum absolute atomic E-state index is 14.5. The number of rotatable bonds is 15. The molecule has 18 nitrogen and oxygen atoms in total. The minimum atomic E-state index is -3.49. The lowest BCUT2D eigenvalue weighted by Gasteiger charge is -2.46. The second kappa shape index (κ2) is 25.3. The van der Waals surface area contributed by atoms with Gasteiger partial charge in [0.25, 0.3) is 0 Å². The van der Waals surface area contributed by atoms with Crippen molar-refractivity contribution in [1.29, 1.82) is 0 Å². The summed E-state index contributed by atoms with van der Waals surface area (Å²) in [5, 5.41) is 3.74. The topological polar surface area (TPSA) is 224 Å². The molecule has 4 aliphatic heterocycles. The molecule has 0 amide bonds. The summed E-state index contributed by atoms with van der Waals surface area (Å²) in [7, 11) is -6.95. The highest BCUT2D eigenvalue weighted by Crippen LogP contribution is 2.36. The number of aromatic nitrogens is 8. The second-order valence-electron chi connectivity index (χ2n) is 19.2. The highest BCUT2D eigenvalue weighted by atomic mass is 35.5. The largest absolute Gasteiger partial charge is 0.463 e. The zero-order valence-corrected chi connectivity index (χ0v) is 44.6. The number of benzene rings is 2. The molecule has 400 valence electrons. The lowest BCUT2D eigenvalue weighted by Crippen LogP contribution is -2.54. The van der Waals surface area contributed by atoms with Crippen molar-refractivity contribution in [2.75, 3.05) is 83.2 Å². The monoisotopic (exact) mass is 1090 g/mol. The van der Waals surface area contributed by atoms with Gasteiger partial charge in [-0.2, -0.15) is 0 Å². The van der Waals surface area contributed by atoms with E-state index < -0.39 is 31.3 Å². The average Bonchev–Trinajstić information content (AvgIpc) is 3.38. The van der Waals surface area contributed by atoms with E-state index in [4.69, 9.17) is 30.5 Å². The summed E-state index contributed by atoms with van der Waals surface area (Å²) in [6.45, 7) is 11.4. The van der Waals surface area contributed by atoms with Crippen LogP contribution in [0.15, 0.2) is 95.8 Å². The van der Waals surface area contributed by atoms with Gasteiger partial charge in [0.05, 0.1) is 49.4 Å². The Morgan fingerprint density at radius 2 is 1.00 bits per heavy atom. The molecule has 23 heteroatoms. The minimum absolute atomic E-state index is 0.0638. The molecule has 6 aromatic rings. The maximum atomic E-state index is 14.5. The van der Waals surface area contributed by atoms with Gasteiger partial charge in [-0.1, -0.05) is 38.8 Å². The number of hydrogen-bond donors (Lipinski definition) is 1. The summed E-state index contributed by atoms with van der Waals surface area (Å²) in [4.78, 5) is 35.8. The summed E-state index contributed by atoms with van der Waals surface area (Å²) in [5.74, 6) is 1.55. The van der Waals surface area contributed by atoms with E-state index in [-0.39, 0.29) is 50.7 Å². The van der Waals surface area contributed by atoms with Crippen molar-refractivity contribution >= 4 is 37.2 Å². The first kappa shape index (κ1) is 55.3. The number of hydrogen-bond acceptors (Lipinski definition) is 18. The SMILES string of the molecule is CCCc1cnc(Cl)nc1.CCCc1cnc(N2CC3COCC(C2)C3COc2ncc(-c3ccc(S(C)(=O)=O)cc3F)cn2)nc1.CS(=O)(=O)c1ccc(-c2cnc(OCC3C4CNCC3COC4)nc2)c(F)c1. The molecule has 75 heavy (non-hydrogen) atoms. The summed E-state index contributed by atoms with van der Waals surface area (Å²) < 4.78 is 98.4. The van der Waals surface area contributed by atoms with Gasteiger partial charge in [-0.05, 0) is 59.8 Å². The summed E-state index contributed by atoms with van der Waals surface area (Å²) in [5.41, 5.74) is 3.65. The van der Waals surface area contributed by atoms with Crippen LogP contribution in [0.5, 0.6) is 12.0 Å². The molecule has 4 aliphatic rings. The molecule has 4 saturated heterocycles. The number of nitrogens with one attached hydrogen (secondary N) is 1. The highest BCUT2D eigenvalue weighted by Gasteiger charge is 2.42. The summed E-state index contributed by atoms with van der Waals surface area (Å²) in [6, 6.07) is 8.05. The van der Waals surface area contributed by atoms with Gasteiger partial charge in [0.15, 0.2) is 19.7 Å². The molecular weight excluding hydrogens is 1030 g/mol. The molecule has 10 rings (SSSR count). The highest BCUT2D eigenvalue weighted by molar-refractivity contribution is 7.91. The van der Waals surface area contributed by atoms with Crippen molar-refractivity contribution in [3.05, 3.63) is 114 Å². The predicted octanol–water partition coefficient (Wildman–Crippen LogP) is 6.84. The van der Waals surface area contributed by atoms with E-state index in [9.17, 15) is 25.6 Å². The van der Waals surface area contributed by atoms with Crippen molar-refractivity contribution in [2.24, 2.45) is 35.5 Å². The lowest BCUT2D eigenvalue weighted by molar-refractivity contribution is -0.0607. The Hall–Kier alpha value is -5.91. The van der Waals surface area contributed by atoms with Gasteiger partial charge in [0, 0.05) is 146 Å². The molecule has 0 aliphatic carbocycles. The number of sulfone groups is 2. The number of anilines is 1. The molecule has 0 spiro atoms. The minimum Gasteiger partial charge on any atom is -0.463 e. The van der Waals surface area contributed by atoms with E-state index in [1.54, 1.807) is 12.4 Å². The van der Waals surface area contributed by atoms with Crippen LogP contribution in [0.25, 0.3) is 22.3 Å². The van der Waals surface area contributed by atoms with Crippen LogP contribution < -0.4 is 19.7 Å². The van der Waals surface area contributed by atoms with Gasteiger partial charge in [-0.15, -0.1) is 0 Å². The molecule has 8 heterocycles. The fraction of sp³-hybridized carbons (Fsp3) is 0.462. The zero-order valence-electron chi connectivity index (χ0n) is 42.2. The van der Waals surface area contributed by atoms with Crippen molar-refractivity contribution in [1.82, 2.24) is 45.2 Å². The third kappa shape index (κ3) is 14.7. The fourth-order valence-electron chi connectivity index (χ4n) is 9.61. The number of halogens is 3. The second-order valence-corrected chi connectivity index (χ2v) is 23.6. The Kier molecular flexibility index (Phi) is 18.7. The van der Waals surface area contributed by atoms with Gasteiger partial charge < -0.3 is 29.2 Å². The van der Waals surface area contributed by atoms with E-state index in [0.29, 0.717) is 60.6 Å². The first-order valence-electron chi connectivity index (χ1n) is 24.8. The van der Waals surface area contributed by atoms with Crippen molar-refractivity contribution in [2.45, 2.75) is 49.3 Å². The van der Waals surface area contributed by atoms with Crippen LogP contribution in [-0.2, 0) is 42.0 Å². The first-order chi connectivity index (χ1) is 36.1. The molecule has 4 aromatic heterocycles. The van der Waals surface area contributed by atoms with E-state index in [1.165, 1.54) is 49.1 Å². The van der Waals surface area contributed by atoms with Crippen LogP contribution in [-0.4, -0.2) is 135 Å². The molecule has 4 atom stereocenters. The zero-order chi connectivity index (χ0) is 53.1. The standard InChI is InChI=1S/C26H30FN5O4S.C19H22FN3O4S.C7H9ClN2/c1-3-4-17-8-28-25(29-9-17)32-12-19-14-35-15-20(13-32)23(19)16-36-26-30-10-18(11-31-26)22-6-5-21(7-24(22)27)37(2,33)34;1-28(24,25)15-2-3-16(18(20)4-15)12-7-22-19(23-8-12)27-11-17-13-5-21-6-14(17)10-26-9-13;1-2-3-6-4-9-7(8)10-5-6/h5-11,19-20,23H,3-4,12-16H2,1-2H3;2-4,7-8,13-14,17,21H,5-6,9-11H2,1H3;4-5H,2-3H2,1H3. The Labute approximate surface area is 441 Å². The van der Waals surface area contributed by atoms with Gasteiger partial charge in [-0.3, -0.25) is 0 Å². The Morgan fingerprint density at radius 3 is 1.40 bits per heavy atom. The quantitative estimate of drug-likeness (QED) is 0.104. The Bertz CT molecular complexity index is 3030. The number of aryl methyl sites for hydroxylation is 2. The predicted molar refractivity (Wildman–Crippen MR) is 277 cm³/mol. The van der Waals surface area contributed by atoms with Gasteiger partial charge in [0.2, 0.25) is 11.2 Å². The van der Waals surface area contributed by atoms with Gasteiger partial charge >= 0.3 is 12.0 Å². The summed E-state index contributed by atoms with van der Waals surface area (Å²) in [6.07, 6.45) is 19.5. The molecular formula is C52H61ClF2N10O8S2. The van der Waals surface area contributed by atoms with Crippen LogP contribution in [0.2, 0.25) is 5.28 Å². The summed E-state index contributed by atoms with van der Waals surface area (Å²) >= 11 is 5.49. The normalized spacial score (nSPS) is 21.2. The van der Waals surface area contributed by atoms with E-state index in [1.807, 2.05) is 12.4 Å². The maximum Gasteiger partial charge on any atom is 0.316 e. The molecule has 0 radical (unpaired) electrons. The van der Waals surface area contributed by atoms with E-state index >= 15 is 0 Å². The van der Waals surface area contributed by atoms with E-state index in [0.717, 1.165) is 107 Å². The molecule has 0 saturated carbocycles. The Morgan fingerprint density at radius 1 is 0.600 bits per heavy atom. The third-order valence-electron chi connectivity index (χ3n) is 13.6. The van der Waals surface area contributed by atoms with Crippen molar-refractivity contribution < 1.29 is 44.6 Å². The number of ether oxygens (including phenoxy) is 4. The van der Waals surface area contributed by atoms with Crippen LogP contribution in [0.3, 0.4) is 0 Å². The fourth-order valence-corrected chi connectivity index (χ4v) is 11.0. The van der Waals surface area contributed by atoms with Crippen LogP contribution in [0, 0.1) is 47.1 Å². The molecule has 4 fully saturated rings. The van der Waals surface area contributed by atoms with Gasteiger partial charge in [-0.25, -0.2) is 65.5 Å². The molecule has 2 aromatic carbocycles. The number of nitrogens with zero attached hydrogens (tertiary/aromatic N) is 9. The Balaban J connectivity index is 0.000000172. The van der Waals surface area contributed by atoms with E-state index in [2.05, 4.69) is 63.9 Å². The van der Waals surface area contributed by atoms with Gasteiger partial charge in [0.1, 0.15) is 11.6 Å². The molecule has 4 unspecified atom stereocenters. The van der Waals surface area contributed by atoms with Crippen molar-refractivity contribution in [3.63, 3.8) is 0 Å².